The summed E-state index contributed by atoms with van der Waals surface area (Å²) in [6.07, 6.45) is 4.49. The molecule has 1 aliphatic carbocycles. The van der Waals surface area contributed by atoms with E-state index in [2.05, 4.69) is 22.4 Å². The topological polar surface area (TPSA) is 86.1 Å². The number of anilines is 1. The van der Waals surface area contributed by atoms with Gasteiger partial charge in [0.25, 0.3) is 0 Å². The first-order valence-electron chi connectivity index (χ1n) is 8.95. The predicted octanol–water partition coefficient (Wildman–Crippen LogP) is 3.56. The van der Waals surface area contributed by atoms with Gasteiger partial charge in [0, 0.05) is 10.9 Å². The van der Waals surface area contributed by atoms with Gasteiger partial charge in [-0.2, -0.15) is 0 Å². The Labute approximate surface area is 166 Å². The number of thiophene rings is 1. The van der Waals surface area contributed by atoms with E-state index in [1.54, 1.807) is 6.33 Å². The number of thioether (sulfide) groups is 1. The van der Waals surface area contributed by atoms with Crippen LogP contribution in [0.25, 0.3) is 0 Å². The van der Waals surface area contributed by atoms with E-state index >= 15 is 0 Å². The largest absolute Gasteiger partial charge is 0.465 e. The van der Waals surface area contributed by atoms with Crippen molar-refractivity contribution in [1.82, 2.24) is 14.8 Å². The standard InChI is InChI=1S/C18H24N4O3S2/c1-10(2)22-9-19-21-18(22)26-8-14(23)20-16-15(17(24)25-4)12-6-5-11(3)7-13(12)27-16/h9-11H,5-8H2,1-4H3,(H,20,23)/t11-/m0/s1. The monoisotopic (exact) mass is 408 g/mol. The number of hydrogen-bond donors (Lipinski definition) is 1. The minimum atomic E-state index is -0.385. The first-order chi connectivity index (χ1) is 12.9. The Morgan fingerprint density at radius 3 is 2.96 bits per heavy atom. The predicted molar refractivity (Wildman–Crippen MR) is 107 cm³/mol. The first-order valence-corrected chi connectivity index (χ1v) is 10.8. The molecule has 146 valence electrons. The number of carbonyl (C=O) groups is 2. The molecule has 2 aromatic heterocycles. The molecule has 0 fully saturated rings. The van der Waals surface area contributed by atoms with Crippen LogP contribution >= 0.6 is 23.1 Å². The molecule has 7 nitrogen and oxygen atoms in total. The number of nitrogens with one attached hydrogen (secondary N) is 1. The van der Waals surface area contributed by atoms with Gasteiger partial charge in [0.15, 0.2) is 5.16 Å². The normalized spacial score (nSPS) is 16.3. The molecule has 1 atom stereocenters. The smallest absolute Gasteiger partial charge is 0.341 e. The number of nitrogens with zero attached hydrogens (tertiary/aromatic N) is 3. The van der Waals surface area contributed by atoms with Crippen molar-refractivity contribution in [2.45, 2.75) is 51.2 Å². The van der Waals surface area contributed by atoms with E-state index in [1.807, 2.05) is 18.4 Å². The van der Waals surface area contributed by atoms with Crippen LogP contribution in [-0.2, 0) is 22.4 Å². The molecular formula is C18H24N4O3S2. The van der Waals surface area contributed by atoms with Crippen LogP contribution in [0.1, 0.15) is 54.0 Å². The molecular weight excluding hydrogens is 384 g/mol. The van der Waals surface area contributed by atoms with Gasteiger partial charge in [-0.05, 0) is 44.6 Å². The molecule has 0 unspecified atom stereocenters. The highest BCUT2D eigenvalue weighted by Gasteiger charge is 2.28. The van der Waals surface area contributed by atoms with E-state index in [4.69, 9.17) is 4.74 Å². The minimum Gasteiger partial charge on any atom is -0.465 e. The van der Waals surface area contributed by atoms with Crippen LogP contribution in [0.2, 0.25) is 0 Å². The van der Waals surface area contributed by atoms with Crippen molar-refractivity contribution in [1.29, 1.82) is 0 Å². The van der Waals surface area contributed by atoms with Gasteiger partial charge in [-0.15, -0.1) is 21.5 Å². The van der Waals surface area contributed by atoms with Crippen LogP contribution in [0.3, 0.4) is 0 Å². The summed E-state index contributed by atoms with van der Waals surface area (Å²) in [6, 6.07) is 0.225. The van der Waals surface area contributed by atoms with Crippen molar-refractivity contribution in [3.63, 3.8) is 0 Å². The SMILES string of the molecule is COC(=O)c1c(NC(=O)CSc2nncn2C(C)C)sc2c1CC[C@H](C)C2. The lowest BCUT2D eigenvalue weighted by Gasteiger charge is -2.18. The van der Waals surface area contributed by atoms with Gasteiger partial charge >= 0.3 is 5.97 Å². The van der Waals surface area contributed by atoms with E-state index < -0.39 is 0 Å². The van der Waals surface area contributed by atoms with Gasteiger partial charge in [-0.1, -0.05) is 18.7 Å². The van der Waals surface area contributed by atoms with Gasteiger partial charge in [-0.3, -0.25) is 4.79 Å². The van der Waals surface area contributed by atoms with Gasteiger partial charge in [0.2, 0.25) is 5.91 Å². The number of aromatic nitrogens is 3. The molecule has 0 bridgehead atoms. The second kappa shape index (κ2) is 8.43. The highest BCUT2D eigenvalue weighted by atomic mass is 32.2. The lowest BCUT2D eigenvalue weighted by atomic mass is 9.88. The average Bonchev–Trinajstić information content (AvgIpc) is 3.23. The van der Waals surface area contributed by atoms with Crippen molar-refractivity contribution in [3.8, 4) is 0 Å². The molecule has 0 radical (unpaired) electrons. The molecule has 0 aromatic carbocycles. The van der Waals surface area contributed by atoms with Crippen LogP contribution in [0, 0.1) is 5.92 Å². The summed E-state index contributed by atoms with van der Waals surface area (Å²) < 4.78 is 6.88. The summed E-state index contributed by atoms with van der Waals surface area (Å²) in [5, 5.41) is 12.2. The molecule has 0 aliphatic heterocycles. The van der Waals surface area contributed by atoms with Crippen LogP contribution in [0.15, 0.2) is 11.5 Å². The number of hydrogen-bond acceptors (Lipinski definition) is 7. The third kappa shape index (κ3) is 4.35. The Morgan fingerprint density at radius 1 is 1.48 bits per heavy atom. The summed E-state index contributed by atoms with van der Waals surface area (Å²) >= 11 is 2.82. The summed E-state index contributed by atoms with van der Waals surface area (Å²) in [6.45, 7) is 6.28. The maximum atomic E-state index is 12.5. The van der Waals surface area contributed by atoms with Gasteiger partial charge in [-0.25, -0.2) is 4.79 Å². The zero-order valence-corrected chi connectivity index (χ0v) is 17.6. The Balaban J connectivity index is 1.73. The van der Waals surface area contributed by atoms with Crippen LogP contribution in [0.4, 0.5) is 5.00 Å². The third-order valence-electron chi connectivity index (χ3n) is 4.58. The van der Waals surface area contributed by atoms with Crippen molar-refractivity contribution < 1.29 is 14.3 Å². The lowest BCUT2D eigenvalue weighted by molar-refractivity contribution is -0.113. The van der Waals surface area contributed by atoms with Crippen LogP contribution < -0.4 is 5.32 Å². The Bertz CT molecular complexity index is 844. The average molecular weight is 409 g/mol. The molecule has 1 amide bonds. The second-order valence-electron chi connectivity index (χ2n) is 7.00. The summed E-state index contributed by atoms with van der Waals surface area (Å²) in [7, 11) is 1.37. The molecule has 0 saturated carbocycles. The third-order valence-corrected chi connectivity index (χ3v) is 6.71. The zero-order chi connectivity index (χ0) is 19.6. The molecule has 27 heavy (non-hydrogen) atoms. The number of amides is 1. The maximum Gasteiger partial charge on any atom is 0.341 e. The fraction of sp³-hybridized carbons (Fsp3) is 0.556. The Morgan fingerprint density at radius 2 is 2.26 bits per heavy atom. The number of methoxy groups -OCH3 is 1. The van der Waals surface area contributed by atoms with Gasteiger partial charge < -0.3 is 14.6 Å². The summed E-state index contributed by atoms with van der Waals surface area (Å²) in [4.78, 5) is 26.0. The fourth-order valence-corrected chi connectivity index (χ4v) is 5.40. The van der Waals surface area contributed by atoms with E-state index in [9.17, 15) is 9.59 Å². The lowest BCUT2D eigenvalue weighted by Crippen LogP contribution is -2.17. The highest BCUT2D eigenvalue weighted by molar-refractivity contribution is 7.99. The first kappa shape index (κ1) is 19.9. The molecule has 2 aromatic rings. The minimum absolute atomic E-state index is 0.171. The summed E-state index contributed by atoms with van der Waals surface area (Å²) in [5.74, 6) is 0.230. The zero-order valence-electron chi connectivity index (χ0n) is 15.9. The Hall–Kier alpha value is -1.87. The quantitative estimate of drug-likeness (QED) is 0.581. The number of ether oxygens (including phenoxy) is 1. The van der Waals surface area contributed by atoms with E-state index in [1.165, 1.54) is 35.1 Å². The highest BCUT2D eigenvalue weighted by Crippen LogP contribution is 2.40. The van der Waals surface area contributed by atoms with E-state index in [0.717, 1.165) is 24.8 Å². The Kier molecular flexibility index (Phi) is 6.21. The van der Waals surface area contributed by atoms with E-state index in [0.29, 0.717) is 21.6 Å². The molecule has 2 heterocycles. The molecule has 0 saturated heterocycles. The van der Waals surface area contributed by atoms with Crippen LogP contribution in [-0.4, -0.2) is 39.5 Å². The molecule has 9 heteroatoms. The second-order valence-corrected chi connectivity index (χ2v) is 9.05. The molecule has 1 aliphatic rings. The maximum absolute atomic E-state index is 12.5. The number of fused-ring (bicyclic) bond motifs is 1. The van der Waals surface area contributed by atoms with Gasteiger partial charge in [0.05, 0.1) is 18.4 Å². The number of rotatable bonds is 6. The number of carbonyl (C=O) groups excluding carboxylic acids is 2. The molecule has 1 N–H and O–H groups in total. The van der Waals surface area contributed by atoms with Crippen molar-refractivity contribution in [2.75, 3.05) is 18.2 Å². The van der Waals surface area contributed by atoms with E-state index in [-0.39, 0.29) is 23.7 Å². The number of esters is 1. The molecule has 3 rings (SSSR count). The summed E-state index contributed by atoms with van der Waals surface area (Å²) in [5.41, 5.74) is 1.56. The van der Waals surface area contributed by atoms with Crippen molar-refractivity contribution in [2.24, 2.45) is 5.92 Å². The molecule has 0 spiro atoms. The van der Waals surface area contributed by atoms with Gasteiger partial charge in [0.1, 0.15) is 11.3 Å². The van der Waals surface area contributed by atoms with Crippen molar-refractivity contribution >= 4 is 40.0 Å². The van der Waals surface area contributed by atoms with Crippen molar-refractivity contribution in [3.05, 3.63) is 22.3 Å². The fourth-order valence-electron chi connectivity index (χ4n) is 3.14. The van der Waals surface area contributed by atoms with Crippen LogP contribution in [0.5, 0.6) is 0 Å².